The molecule has 0 bridgehead atoms. The molecule has 0 aliphatic carbocycles. The van der Waals surface area contributed by atoms with E-state index in [4.69, 9.17) is 10.5 Å². The van der Waals surface area contributed by atoms with E-state index in [1.165, 1.54) is 18.2 Å². The van der Waals surface area contributed by atoms with E-state index in [-0.39, 0.29) is 12.2 Å². The van der Waals surface area contributed by atoms with Crippen LogP contribution in [0.5, 0.6) is 0 Å². The first kappa shape index (κ1) is 14.6. The largest absolute Gasteiger partial charge is 0.375 e. The van der Waals surface area contributed by atoms with Gasteiger partial charge in [-0.2, -0.15) is 0 Å². The fourth-order valence-electron chi connectivity index (χ4n) is 1.44. The Labute approximate surface area is 106 Å². The van der Waals surface area contributed by atoms with Crippen molar-refractivity contribution in [1.82, 2.24) is 5.32 Å². The first-order chi connectivity index (χ1) is 8.50. The molecule has 0 spiro atoms. The Bertz CT molecular complexity index is 408. The van der Waals surface area contributed by atoms with Gasteiger partial charge in [0.05, 0.1) is 13.2 Å². The Morgan fingerprint density at radius 2 is 2.22 bits per heavy atom. The van der Waals surface area contributed by atoms with Crippen LogP contribution in [-0.4, -0.2) is 25.1 Å². The first-order valence-electron chi connectivity index (χ1n) is 5.90. The zero-order chi connectivity index (χ0) is 13.5. The van der Waals surface area contributed by atoms with Crippen LogP contribution in [0.2, 0.25) is 0 Å². The third kappa shape index (κ3) is 4.81. The number of nitrogens with one attached hydrogen (secondary N) is 1. The second kappa shape index (κ2) is 7.08. The van der Waals surface area contributed by atoms with Crippen LogP contribution in [0.15, 0.2) is 18.2 Å². The second-order valence-electron chi connectivity index (χ2n) is 4.33. The van der Waals surface area contributed by atoms with Crippen molar-refractivity contribution in [2.24, 2.45) is 5.73 Å². The van der Waals surface area contributed by atoms with Gasteiger partial charge in [0.15, 0.2) is 0 Å². The Morgan fingerprint density at radius 1 is 1.50 bits per heavy atom. The summed E-state index contributed by atoms with van der Waals surface area (Å²) in [5, 5.41) is 3.18. The number of benzene rings is 1. The van der Waals surface area contributed by atoms with Gasteiger partial charge < -0.3 is 15.8 Å². The van der Waals surface area contributed by atoms with E-state index in [0.29, 0.717) is 24.8 Å². The predicted octanol–water partition coefficient (Wildman–Crippen LogP) is 1.44. The molecule has 1 aromatic carbocycles. The summed E-state index contributed by atoms with van der Waals surface area (Å²) in [6, 6.07) is 4.41. The van der Waals surface area contributed by atoms with E-state index in [1.54, 1.807) is 0 Å². The maximum absolute atomic E-state index is 13.4. The van der Waals surface area contributed by atoms with Crippen molar-refractivity contribution >= 4 is 5.91 Å². The van der Waals surface area contributed by atoms with Crippen LogP contribution in [0.1, 0.15) is 29.8 Å². The lowest BCUT2D eigenvalue weighted by Gasteiger charge is -2.09. The highest BCUT2D eigenvalue weighted by molar-refractivity contribution is 5.92. The molecule has 3 N–H and O–H groups in total. The van der Waals surface area contributed by atoms with Crippen LogP contribution in [0.4, 0.5) is 4.39 Å². The lowest BCUT2D eigenvalue weighted by molar-refractivity contribution is 0.0999. The van der Waals surface area contributed by atoms with E-state index >= 15 is 0 Å². The smallest absolute Gasteiger partial charge is 0.248 e. The number of rotatable bonds is 7. The third-order valence-electron chi connectivity index (χ3n) is 2.39. The lowest BCUT2D eigenvalue weighted by atomic mass is 10.1. The summed E-state index contributed by atoms with van der Waals surface area (Å²) in [6.45, 7) is 5.39. The number of carbonyl (C=O) groups is 1. The predicted molar refractivity (Wildman–Crippen MR) is 67.7 cm³/mol. The second-order valence-corrected chi connectivity index (χ2v) is 4.33. The molecule has 18 heavy (non-hydrogen) atoms. The summed E-state index contributed by atoms with van der Waals surface area (Å²) in [5.74, 6) is -0.963. The van der Waals surface area contributed by atoms with Crippen molar-refractivity contribution in [3.05, 3.63) is 35.1 Å². The molecule has 0 saturated carbocycles. The Hall–Kier alpha value is -1.46. The Kier molecular flexibility index (Phi) is 5.74. The molecular formula is C13H19FN2O2. The van der Waals surface area contributed by atoms with Gasteiger partial charge in [-0.15, -0.1) is 0 Å². The van der Waals surface area contributed by atoms with Gasteiger partial charge in [0, 0.05) is 23.7 Å². The molecule has 1 aromatic rings. The summed E-state index contributed by atoms with van der Waals surface area (Å²) >= 11 is 0. The third-order valence-corrected chi connectivity index (χ3v) is 2.39. The summed E-state index contributed by atoms with van der Waals surface area (Å²) < 4.78 is 18.8. The number of amides is 1. The number of nitrogens with two attached hydrogens (primary N) is 1. The summed E-state index contributed by atoms with van der Waals surface area (Å²) in [5.41, 5.74) is 5.76. The van der Waals surface area contributed by atoms with Crippen molar-refractivity contribution in [3.8, 4) is 0 Å². The normalized spacial score (nSPS) is 10.9. The monoisotopic (exact) mass is 254 g/mol. The van der Waals surface area contributed by atoms with Crippen LogP contribution in [-0.2, 0) is 11.3 Å². The fourth-order valence-corrected chi connectivity index (χ4v) is 1.44. The maximum atomic E-state index is 13.4. The molecule has 0 atom stereocenters. The minimum Gasteiger partial charge on any atom is -0.375 e. The molecule has 0 aliphatic rings. The van der Waals surface area contributed by atoms with Gasteiger partial charge in [-0.05, 0) is 18.2 Å². The van der Waals surface area contributed by atoms with Gasteiger partial charge in [-0.1, -0.05) is 13.8 Å². The van der Waals surface area contributed by atoms with Crippen LogP contribution in [0, 0.1) is 5.82 Å². The zero-order valence-corrected chi connectivity index (χ0v) is 10.7. The quantitative estimate of drug-likeness (QED) is 0.724. The molecule has 0 aliphatic heterocycles. The minimum absolute atomic E-state index is 0.132. The molecule has 100 valence electrons. The topological polar surface area (TPSA) is 64.3 Å². The highest BCUT2D eigenvalue weighted by Crippen LogP contribution is 2.11. The van der Waals surface area contributed by atoms with Crippen molar-refractivity contribution in [1.29, 1.82) is 0 Å². The standard InChI is InChI=1S/C13H19FN2O2/c1-9(2)16-5-6-18-8-11-7-10(13(15)17)3-4-12(11)14/h3-4,7,9,16H,5-6,8H2,1-2H3,(H2,15,17). The molecule has 0 aromatic heterocycles. The van der Waals surface area contributed by atoms with Crippen LogP contribution < -0.4 is 11.1 Å². The average Bonchev–Trinajstić information content (AvgIpc) is 2.30. The molecule has 1 amide bonds. The summed E-state index contributed by atoms with van der Waals surface area (Å²) in [4.78, 5) is 11.0. The molecule has 1 rings (SSSR count). The average molecular weight is 254 g/mol. The molecule has 0 saturated heterocycles. The number of primary amides is 1. The van der Waals surface area contributed by atoms with E-state index in [9.17, 15) is 9.18 Å². The van der Waals surface area contributed by atoms with E-state index in [0.717, 1.165) is 0 Å². The van der Waals surface area contributed by atoms with Crippen LogP contribution >= 0.6 is 0 Å². The van der Waals surface area contributed by atoms with Gasteiger partial charge in [0.25, 0.3) is 0 Å². The molecule has 0 fully saturated rings. The first-order valence-corrected chi connectivity index (χ1v) is 5.90. The van der Waals surface area contributed by atoms with Gasteiger partial charge in [0.2, 0.25) is 5.91 Å². The van der Waals surface area contributed by atoms with E-state index < -0.39 is 11.7 Å². The van der Waals surface area contributed by atoms with Gasteiger partial charge >= 0.3 is 0 Å². The van der Waals surface area contributed by atoms with Crippen molar-refractivity contribution in [3.63, 3.8) is 0 Å². The van der Waals surface area contributed by atoms with Gasteiger partial charge in [-0.3, -0.25) is 4.79 Å². The zero-order valence-electron chi connectivity index (χ0n) is 10.7. The van der Waals surface area contributed by atoms with E-state index in [1.807, 2.05) is 13.8 Å². The van der Waals surface area contributed by atoms with Crippen molar-refractivity contribution in [2.45, 2.75) is 26.5 Å². The summed E-state index contributed by atoms with van der Waals surface area (Å²) in [7, 11) is 0. The van der Waals surface area contributed by atoms with Crippen molar-refractivity contribution < 1.29 is 13.9 Å². The number of carbonyl (C=O) groups excluding carboxylic acids is 1. The van der Waals surface area contributed by atoms with Crippen molar-refractivity contribution in [2.75, 3.05) is 13.2 Å². The number of halogens is 1. The molecule has 0 radical (unpaired) electrons. The van der Waals surface area contributed by atoms with Crippen LogP contribution in [0.3, 0.4) is 0 Å². The highest BCUT2D eigenvalue weighted by Gasteiger charge is 2.07. The minimum atomic E-state index is -0.572. The Morgan fingerprint density at radius 3 is 2.83 bits per heavy atom. The van der Waals surface area contributed by atoms with Gasteiger partial charge in [0.1, 0.15) is 5.82 Å². The molecule has 0 unspecified atom stereocenters. The number of ether oxygens (including phenoxy) is 1. The van der Waals surface area contributed by atoms with Gasteiger partial charge in [-0.25, -0.2) is 4.39 Å². The van der Waals surface area contributed by atoms with E-state index in [2.05, 4.69) is 5.32 Å². The molecular weight excluding hydrogens is 235 g/mol. The molecule has 5 heteroatoms. The summed E-state index contributed by atoms with van der Waals surface area (Å²) in [6.07, 6.45) is 0. The fraction of sp³-hybridized carbons (Fsp3) is 0.462. The Balaban J connectivity index is 2.46. The molecule has 0 heterocycles. The maximum Gasteiger partial charge on any atom is 0.248 e. The highest BCUT2D eigenvalue weighted by atomic mass is 19.1. The number of hydrogen-bond acceptors (Lipinski definition) is 3. The SMILES string of the molecule is CC(C)NCCOCc1cc(C(N)=O)ccc1F. The number of hydrogen-bond donors (Lipinski definition) is 2. The molecule has 4 nitrogen and oxygen atoms in total. The van der Waals surface area contributed by atoms with Crippen LogP contribution in [0.25, 0.3) is 0 Å². The lowest BCUT2D eigenvalue weighted by Crippen LogP contribution is -2.26.